The van der Waals surface area contributed by atoms with E-state index < -0.39 is 0 Å². The van der Waals surface area contributed by atoms with Gasteiger partial charge in [-0.3, -0.25) is 0 Å². The molecule has 126 valence electrons. The summed E-state index contributed by atoms with van der Waals surface area (Å²) in [5, 5.41) is 0. The molecule has 0 spiro atoms. The van der Waals surface area contributed by atoms with Crippen molar-refractivity contribution < 1.29 is 0 Å². The molecule has 0 nitrogen and oxygen atoms in total. The highest BCUT2D eigenvalue weighted by Crippen LogP contribution is 2.22. The fourth-order valence-corrected chi connectivity index (χ4v) is 3.16. The largest absolute Gasteiger partial charge is 0.0859 e. The number of rotatable bonds is 13. The van der Waals surface area contributed by atoms with E-state index in [1.807, 2.05) is 0 Å². The molecule has 0 radical (unpaired) electrons. The van der Waals surface area contributed by atoms with Gasteiger partial charge < -0.3 is 0 Å². The first-order chi connectivity index (χ1) is 9.95. The molecule has 0 unspecified atom stereocenters. The molecule has 0 saturated carbocycles. The Labute approximate surface area is 135 Å². The summed E-state index contributed by atoms with van der Waals surface area (Å²) in [6, 6.07) is 0. The van der Waals surface area contributed by atoms with Gasteiger partial charge in [0.15, 0.2) is 0 Å². The zero-order chi connectivity index (χ0) is 16.1. The predicted octanol–water partition coefficient (Wildman–Crippen LogP) is 7.78. The third kappa shape index (κ3) is 14.4. The van der Waals surface area contributed by atoms with Crippen molar-refractivity contribution in [3.63, 3.8) is 0 Å². The molecule has 0 saturated heterocycles. The van der Waals surface area contributed by atoms with Gasteiger partial charge in [0.25, 0.3) is 0 Å². The van der Waals surface area contributed by atoms with Gasteiger partial charge in [-0.2, -0.15) is 0 Å². The maximum atomic E-state index is 2.45. The molecule has 0 amide bonds. The van der Waals surface area contributed by atoms with Crippen LogP contribution in [-0.2, 0) is 0 Å². The lowest BCUT2D eigenvalue weighted by atomic mass is 9.91. The Morgan fingerprint density at radius 3 is 1.71 bits per heavy atom. The van der Waals surface area contributed by atoms with Crippen LogP contribution in [0.25, 0.3) is 0 Å². The van der Waals surface area contributed by atoms with Gasteiger partial charge in [0, 0.05) is 0 Å². The molecule has 0 N–H and O–H groups in total. The highest BCUT2D eigenvalue weighted by Gasteiger charge is 2.06. The molecule has 0 bridgehead atoms. The van der Waals surface area contributed by atoms with E-state index in [-0.39, 0.29) is 0 Å². The Morgan fingerprint density at radius 1 is 0.762 bits per heavy atom. The molecule has 0 aromatic rings. The van der Waals surface area contributed by atoms with E-state index in [0.29, 0.717) is 0 Å². The van der Waals surface area contributed by atoms with Gasteiger partial charge in [0.05, 0.1) is 0 Å². The van der Waals surface area contributed by atoms with Crippen molar-refractivity contribution in [2.75, 3.05) is 0 Å². The van der Waals surface area contributed by atoms with Crippen LogP contribution in [0.5, 0.6) is 0 Å². The molecule has 0 aliphatic carbocycles. The Balaban J connectivity index is 3.52. The average molecular weight is 295 g/mol. The van der Waals surface area contributed by atoms with Crippen molar-refractivity contribution in [3.05, 3.63) is 11.6 Å². The van der Waals surface area contributed by atoms with Crippen molar-refractivity contribution in [2.24, 2.45) is 17.8 Å². The highest BCUT2D eigenvalue weighted by atomic mass is 14.1. The molecular weight excluding hydrogens is 252 g/mol. The Morgan fingerprint density at radius 2 is 1.24 bits per heavy atom. The molecule has 0 heterocycles. The molecule has 0 aliphatic heterocycles. The van der Waals surface area contributed by atoms with Crippen molar-refractivity contribution in [1.82, 2.24) is 0 Å². The minimum atomic E-state index is 0.877. The minimum Gasteiger partial charge on any atom is -0.0859 e. The average Bonchev–Trinajstić information content (AvgIpc) is 2.38. The van der Waals surface area contributed by atoms with Crippen LogP contribution in [0.4, 0.5) is 0 Å². The number of hydrogen-bond acceptors (Lipinski definition) is 0. The zero-order valence-electron chi connectivity index (χ0n) is 15.9. The highest BCUT2D eigenvalue weighted by molar-refractivity contribution is 4.96. The summed E-state index contributed by atoms with van der Waals surface area (Å²) in [5.74, 6) is 2.73. The van der Waals surface area contributed by atoms with E-state index in [9.17, 15) is 0 Å². The van der Waals surface area contributed by atoms with E-state index in [0.717, 1.165) is 17.8 Å². The normalized spacial score (nSPS) is 15.5. The monoisotopic (exact) mass is 294 g/mol. The maximum Gasteiger partial charge on any atom is -0.0323 e. The van der Waals surface area contributed by atoms with E-state index >= 15 is 0 Å². The van der Waals surface area contributed by atoms with Crippen LogP contribution in [-0.4, -0.2) is 0 Å². The molecule has 0 aromatic heterocycles. The first-order valence-corrected chi connectivity index (χ1v) is 9.61. The predicted molar refractivity (Wildman–Crippen MR) is 98.8 cm³/mol. The van der Waals surface area contributed by atoms with E-state index in [2.05, 4.69) is 47.6 Å². The third-order valence-corrected chi connectivity index (χ3v) is 4.69. The summed E-state index contributed by atoms with van der Waals surface area (Å²) in [4.78, 5) is 0. The second-order valence-corrected chi connectivity index (χ2v) is 7.82. The van der Waals surface area contributed by atoms with Gasteiger partial charge >= 0.3 is 0 Å². The van der Waals surface area contributed by atoms with E-state index in [4.69, 9.17) is 0 Å². The van der Waals surface area contributed by atoms with Gasteiger partial charge in [-0.05, 0) is 43.9 Å². The molecular formula is C21H42. The minimum absolute atomic E-state index is 0.877. The SMILES string of the molecule is CC/C=C(\C)CCC[C@@H](C)CCC[C@H](C)CCCC(C)C. The molecule has 0 rings (SSSR count). The van der Waals surface area contributed by atoms with Crippen LogP contribution >= 0.6 is 0 Å². The van der Waals surface area contributed by atoms with Gasteiger partial charge in [0.2, 0.25) is 0 Å². The summed E-state index contributed by atoms with van der Waals surface area (Å²) in [6.07, 6.45) is 16.3. The van der Waals surface area contributed by atoms with Gasteiger partial charge in [-0.15, -0.1) is 0 Å². The van der Waals surface area contributed by atoms with Crippen LogP contribution in [0.2, 0.25) is 0 Å². The molecule has 0 aromatic carbocycles. The molecule has 0 aliphatic rings. The molecule has 0 fully saturated rings. The fourth-order valence-electron chi connectivity index (χ4n) is 3.16. The first kappa shape index (κ1) is 20.7. The Kier molecular flexibility index (Phi) is 13.2. The summed E-state index contributed by atoms with van der Waals surface area (Å²) in [7, 11) is 0. The molecule has 2 atom stereocenters. The van der Waals surface area contributed by atoms with Gasteiger partial charge in [-0.1, -0.05) is 91.2 Å². The second kappa shape index (κ2) is 13.4. The van der Waals surface area contributed by atoms with Crippen LogP contribution in [0.15, 0.2) is 11.6 Å². The topological polar surface area (TPSA) is 0 Å². The summed E-state index contributed by atoms with van der Waals surface area (Å²) in [6.45, 7) is 14.1. The Hall–Kier alpha value is -0.260. The quantitative estimate of drug-likeness (QED) is 0.304. The van der Waals surface area contributed by atoms with Crippen molar-refractivity contribution in [2.45, 2.75) is 106 Å². The number of allylic oxidation sites excluding steroid dienone is 2. The summed E-state index contributed by atoms with van der Waals surface area (Å²) in [5.41, 5.74) is 1.59. The van der Waals surface area contributed by atoms with Crippen LogP contribution < -0.4 is 0 Å². The van der Waals surface area contributed by atoms with Crippen molar-refractivity contribution in [3.8, 4) is 0 Å². The number of hydrogen-bond donors (Lipinski definition) is 0. The molecule has 0 heteroatoms. The third-order valence-electron chi connectivity index (χ3n) is 4.69. The standard InChI is InChI=1S/C21H42/c1-7-11-19(4)14-9-15-21(6)17-10-16-20(5)13-8-12-18(2)3/h11,18,20-21H,7-10,12-17H2,1-6H3/b19-11+/t20-,21-/m1/s1. The van der Waals surface area contributed by atoms with Crippen molar-refractivity contribution >= 4 is 0 Å². The lowest BCUT2D eigenvalue weighted by Crippen LogP contribution is -2.00. The fraction of sp³-hybridized carbons (Fsp3) is 0.905. The van der Waals surface area contributed by atoms with Gasteiger partial charge in [0.1, 0.15) is 0 Å². The van der Waals surface area contributed by atoms with E-state index in [1.54, 1.807) is 5.57 Å². The lowest BCUT2D eigenvalue weighted by Gasteiger charge is -2.15. The Bertz CT molecular complexity index is 249. The van der Waals surface area contributed by atoms with Crippen LogP contribution in [0.1, 0.15) is 106 Å². The molecule has 21 heavy (non-hydrogen) atoms. The second-order valence-electron chi connectivity index (χ2n) is 7.82. The lowest BCUT2D eigenvalue weighted by molar-refractivity contribution is 0.389. The van der Waals surface area contributed by atoms with Crippen LogP contribution in [0, 0.1) is 17.8 Å². The zero-order valence-corrected chi connectivity index (χ0v) is 15.9. The van der Waals surface area contributed by atoms with Crippen molar-refractivity contribution in [1.29, 1.82) is 0 Å². The summed E-state index contributed by atoms with van der Waals surface area (Å²) >= 11 is 0. The van der Waals surface area contributed by atoms with E-state index in [1.165, 1.54) is 64.2 Å². The smallest absolute Gasteiger partial charge is 0.0323 e. The summed E-state index contributed by atoms with van der Waals surface area (Å²) < 4.78 is 0. The maximum absolute atomic E-state index is 2.45. The van der Waals surface area contributed by atoms with Crippen LogP contribution in [0.3, 0.4) is 0 Å². The first-order valence-electron chi connectivity index (χ1n) is 9.61. The van der Waals surface area contributed by atoms with Gasteiger partial charge in [-0.25, -0.2) is 0 Å².